The van der Waals surface area contributed by atoms with Gasteiger partial charge in [-0.2, -0.15) is 4.31 Å². The van der Waals surface area contributed by atoms with E-state index in [1.54, 1.807) is 23.5 Å². The Kier molecular flexibility index (Phi) is 5.31. The van der Waals surface area contributed by atoms with Gasteiger partial charge < -0.3 is 14.4 Å². The standard InChI is InChI=1S/C21H26N2O4S/c1-22-9-3-10-23(12-11-22)28(24,25)18-5-6-19(21(15-18)26-2)16-4-7-20-17(14-16)8-13-27-20/h4-7,14-15H,3,8-13H2,1-2H3. The van der Waals surface area contributed by atoms with Crippen molar-refractivity contribution < 1.29 is 17.9 Å². The summed E-state index contributed by atoms with van der Waals surface area (Å²) in [7, 11) is 0.0562. The molecular weight excluding hydrogens is 376 g/mol. The summed E-state index contributed by atoms with van der Waals surface area (Å²) in [6.07, 6.45) is 1.73. The zero-order chi connectivity index (χ0) is 19.7. The maximum absolute atomic E-state index is 13.2. The van der Waals surface area contributed by atoms with Crippen LogP contribution in [0.4, 0.5) is 0 Å². The highest BCUT2D eigenvalue weighted by molar-refractivity contribution is 7.89. The number of sulfonamides is 1. The van der Waals surface area contributed by atoms with Crippen LogP contribution in [0.15, 0.2) is 41.3 Å². The van der Waals surface area contributed by atoms with Crippen molar-refractivity contribution in [2.75, 3.05) is 46.9 Å². The predicted octanol–water partition coefficient (Wildman–Crippen LogP) is 2.62. The predicted molar refractivity (Wildman–Crippen MR) is 109 cm³/mol. The molecule has 0 aromatic heterocycles. The Morgan fingerprint density at radius 1 is 1.04 bits per heavy atom. The summed E-state index contributed by atoms with van der Waals surface area (Å²) in [5.41, 5.74) is 3.05. The molecule has 0 N–H and O–H groups in total. The number of methoxy groups -OCH3 is 1. The quantitative estimate of drug-likeness (QED) is 0.787. The highest BCUT2D eigenvalue weighted by Gasteiger charge is 2.27. The second kappa shape index (κ2) is 7.73. The molecule has 2 aliphatic rings. The lowest BCUT2D eigenvalue weighted by Crippen LogP contribution is -2.34. The fraction of sp³-hybridized carbons (Fsp3) is 0.429. The van der Waals surface area contributed by atoms with Crippen molar-refractivity contribution in [1.29, 1.82) is 0 Å². The van der Waals surface area contributed by atoms with E-state index in [2.05, 4.69) is 11.0 Å². The van der Waals surface area contributed by atoms with Gasteiger partial charge in [0.1, 0.15) is 11.5 Å². The van der Waals surface area contributed by atoms with Gasteiger partial charge in [0.2, 0.25) is 10.0 Å². The van der Waals surface area contributed by atoms with Crippen molar-refractivity contribution in [3.8, 4) is 22.6 Å². The lowest BCUT2D eigenvalue weighted by molar-refractivity contribution is 0.347. The molecule has 0 spiro atoms. The number of hydrogen-bond donors (Lipinski definition) is 0. The highest BCUT2D eigenvalue weighted by Crippen LogP contribution is 2.36. The molecule has 28 heavy (non-hydrogen) atoms. The molecule has 2 heterocycles. The first-order valence-electron chi connectivity index (χ1n) is 9.62. The van der Waals surface area contributed by atoms with E-state index < -0.39 is 10.0 Å². The summed E-state index contributed by atoms with van der Waals surface area (Å²) in [5, 5.41) is 0. The van der Waals surface area contributed by atoms with Gasteiger partial charge in [-0.3, -0.25) is 0 Å². The summed E-state index contributed by atoms with van der Waals surface area (Å²) >= 11 is 0. The van der Waals surface area contributed by atoms with E-state index in [0.29, 0.717) is 25.4 Å². The van der Waals surface area contributed by atoms with E-state index in [0.717, 1.165) is 42.8 Å². The molecule has 1 saturated heterocycles. The molecule has 2 aromatic rings. The molecule has 2 aliphatic heterocycles. The molecule has 0 bridgehead atoms. The minimum atomic E-state index is -3.54. The number of hydrogen-bond acceptors (Lipinski definition) is 5. The topological polar surface area (TPSA) is 59.1 Å². The zero-order valence-corrected chi connectivity index (χ0v) is 17.2. The Morgan fingerprint density at radius 3 is 2.71 bits per heavy atom. The fourth-order valence-electron chi connectivity index (χ4n) is 3.84. The van der Waals surface area contributed by atoms with Gasteiger partial charge in [0.05, 0.1) is 18.6 Å². The molecule has 7 heteroatoms. The van der Waals surface area contributed by atoms with Crippen LogP contribution in [0.25, 0.3) is 11.1 Å². The van der Waals surface area contributed by atoms with Crippen LogP contribution in [-0.2, 0) is 16.4 Å². The number of nitrogens with zero attached hydrogens (tertiary/aromatic N) is 2. The van der Waals surface area contributed by atoms with Gasteiger partial charge in [0.25, 0.3) is 0 Å². The average molecular weight is 403 g/mol. The number of likely N-dealkylation sites (N-methyl/N-ethyl adjacent to an activating group) is 1. The minimum Gasteiger partial charge on any atom is -0.496 e. The van der Waals surface area contributed by atoms with E-state index >= 15 is 0 Å². The number of rotatable bonds is 4. The van der Waals surface area contributed by atoms with Crippen LogP contribution in [0.2, 0.25) is 0 Å². The van der Waals surface area contributed by atoms with Crippen molar-refractivity contribution in [3.05, 3.63) is 42.0 Å². The monoisotopic (exact) mass is 402 g/mol. The van der Waals surface area contributed by atoms with Crippen molar-refractivity contribution in [2.45, 2.75) is 17.7 Å². The van der Waals surface area contributed by atoms with E-state index in [4.69, 9.17) is 9.47 Å². The van der Waals surface area contributed by atoms with Crippen LogP contribution in [0.3, 0.4) is 0 Å². The fourth-order valence-corrected chi connectivity index (χ4v) is 5.32. The van der Waals surface area contributed by atoms with Crippen molar-refractivity contribution in [3.63, 3.8) is 0 Å². The third-order valence-corrected chi connectivity index (χ3v) is 7.38. The van der Waals surface area contributed by atoms with Gasteiger partial charge in [0, 0.05) is 37.7 Å². The van der Waals surface area contributed by atoms with Crippen LogP contribution in [0, 0.1) is 0 Å². The molecule has 150 valence electrons. The lowest BCUT2D eigenvalue weighted by atomic mass is 10.0. The van der Waals surface area contributed by atoms with Crippen LogP contribution in [0.5, 0.6) is 11.5 Å². The Balaban J connectivity index is 1.67. The summed E-state index contributed by atoms with van der Waals surface area (Å²) in [6.45, 7) is 3.41. The van der Waals surface area contributed by atoms with Gasteiger partial charge in [-0.15, -0.1) is 0 Å². The maximum Gasteiger partial charge on any atom is 0.243 e. The van der Waals surface area contributed by atoms with Crippen LogP contribution in [0.1, 0.15) is 12.0 Å². The van der Waals surface area contributed by atoms with Crippen LogP contribution < -0.4 is 9.47 Å². The molecule has 0 aliphatic carbocycles. The number of fused-ring (bicyclic) bond motifs is 1. The van der Waals surface area contributed by atoms with Gasteiger partial charge in [-0.25, -0.2) is 8.42 Å². The molecule has 0 saturated carbocycles. The van der Waals surface area contributed by atoms with E-state index in [-0.39, 0.29) is 4.90 Å². The molecule has 0 amide bonds. The van der Waals surface area contributed by atoms with Gasteiger partial charge in [-0.1, -0.05) is 6.07 Å². The third kappa shape index (κ3) is 3.62. The average Bonchev–Trinajstić information content (AvgIpc) is 3.06. The largest absolute Gasteiger partial charge is 0.496 e. The summed E-state index contributed by atoms with van der Waals surface area (Å²) < 4.78 is 39.0. The molecule has 2 aromatic carbocycles. The Hall–Kier alpha value is -2.09. The number of ether oxygens (including phenoxy) is 2. The molecule has 1 fully saturated rings. The highest BCUT2D eigenvalue weighted by atomic mass is 32.2. The Labute approximate surface area is 166 Å². The first-order valence-corrected chi connectivity index (χ1v) is 11.1. The van der Waals surface area contributed by atoms with Gasteiger partial charge >= 0.3 is 0 Å². The number of benzene rings is 2. The lowest BCUT2D eigenvalue weighted by Gasteiger charge is -2.21. The Morgan fingerprint density at radius 2 is 1.89 bits per heavy atom. The van der Waals surface area contributed by atoms with Crippen LogP contribution >= 0.6 is 0 Å². The second-order valence-electron chi connectivity index (χ2n) is 7.34. The molecule has 0 radical (unpaired) electrons. The van der Waals surface area contributed by atoms with E-state index in [9.17, 15) is 8.42 Å². The zero-order valence-electron chi connectivity index (χ0n) is 16.3. The minimum absolute atomic E-state index is 0.280. The van der Waals surface area contributed by atoms with Gasteiger partial charge in [-0.05, 0) is 55.4 Å². The summed E-state index contributed by atoms with van der Waals surface area (Å²) in [6, 6.07) is 11.2. The van der Waals surface area contributed by atoms with Crippen molar-refractivity contribution in [1.82, 2.24) is 9.21 Å². The summed E-state index contributed by atoms with van der Waals surface area (Å²) in [4.78, 5) is 2.44. The molecule has 4 rings (SSSR count). The van der Waals surface area contributed by atoms with Crippen molar-refractivity contribution >= 4 is 10.0 Å². The third-order valence-electron chi connectivity index (χ3n) is 5.49. The summed E-state index contributed by atoms with van der Waals surface area (Å²) in [5.74, 6) is 1.49. The van der Waals surface area contributed by atoms with Crippen LogP contribution in [-0.4, -0.2) is 64.6 Å². The van der Waals surface area contributed by atoms with E-state index in [1.807, 2.05) is 25.2 Å². The van der Waals surface area contributed by atoms with Crippen molar-refractivity contribution in [2.24, 2.45) is 0 Å². The maximum atomic E-state index is 13.2. The van der Waals surface area contributed by atoms with Gasteiger partial charge in [0.15, 0.2) is 0 Å². The smallest absolute Gasteiger partial charge is 0.243 e. The molecule has 0 unspecified atom stereocenters. The first kappa shape index (κ1) is 19.2. The Bertz CT molecular complexity index is 974. The molecular formula is C21H26N2O4S. The molecule has 0 atom stereocenters. The molecule has 6 nitrogen and oxygen atoms in total. The normalized spacial score (nSPS) is 18.4. The first-order chi connectivity index (χ1) is 13.5. The van der Waals surface area contributed by atoms with E-state index in [1.165, 1.54) is 5.56 Å². The second-order valence-corrected chi connectivity index (χ2v) is 9.28. The SMILES string of the molecule is COc1cc(S(=O)(=O)N2CCCN(C)CC2)ccc1-c1ccc2c(c1)CCO2.